The van der Waals surface area contributed by atoms with Crippen LogP contribution < -0.4 is 0 Å². The second kappa shape index (κ2) is 50.2. The molecule has 1 nitrogen and oxygen atoms in total. The molecule has 0 unspecified atom stereocenters. The lowest BCUT2D eigenvalue weighted by Gasteiger charge is -1.90. The van der Waals surface area contributed by atoms with Crippen LogP contribution in [0.5, 0.6) is 0 Å². The predicted octanol–water partition coefficient (Wildman–Crippen LogP) is 6.86. The number of hydrogen-bond acceptors (Lipinski definition) is 1. The van der Waals surface area contributed by atoms with E-state index in [9.17, 15) is 0 Å². The highest BCUT2D eigenvalue weighted by atomic mass is 35.5. The molecule has 0 spiro atoms. The molecule has 0 aliphatic heterocycles. The molecule has 0 heterocycles. The van der Waals surface area contributed by atoms with Gasteiger partial charge >= 0.3 is 0 Å². The molecule has 0 aromatic heterocycles. The molecule has 0 fully saturated rings. The Kier molecular flexibility index (Phi) is 91.3. The van der Waals surface area contributed by atoms with E-state index in [1.54, 1.807) is 0 Å². The highest BCUT2D eigenvalue weighted by Crippen LogP contribution is 2.04. The van der Waals surface area contributed by atoms with Gasteiger partial charge in [0, 0.05) is 13.0 Å². The SMILES string of the molecule is ClCCl.ClCCl.ClCCl.ClCCl.OCCC(Cl)Cl. The molecule has 0 rings (SSSR count). The predicted molar refractivity (Wildman–Crippen MR) is 93.5 cm³/mol. The van der Waals surface area contributed by atoms with E-state index >= 15 is 0 Å². The fourth-order valence-corrected chi connectivity index (χ4v) is 0.293. The lowest BCUT2D eigenvalue weighted by atomic mass is 10.5. The standard InChI is InChI=1S/C3H6Cl2O.4CH2Cl2/c4-3(5)1-2-6;4*2-1-3/h3,6H,1-2H2;4*1H2. The Morgan fingerprint density at radius 1 is 0.611 bits per heavy atom. The average molecular weight is 469 g/mol. The van der Waals surface area contributed by atoms with Crippen molar-refractivity contribution in [1.82, 2.24) is 0 Å². The van der Waals surface area contributed by atoms with Gasteiger partial charge in [-0.1, -0.05) is 0 Å². The van der Waals surface area contributed by atoms with Gasteiger partial charge in [-0.2, -0.15) is 0 Å². The van der Waals surface area contributed by atoms with E-state index in [-0.39, 0.29) is 28.0 Å². The summed E-state index contributed by atoms with van der Waals surface area (Å²) in [6.07, 6.45) is 0.461. The third kappa shape index (κ3) is 175. The highest BCUT2D eigenvalue weighted by molar-refractivity contribution is 6.44. The molecule has 0 aromatic rings. The number of hydrogen-bond donors (Lipinski definition) is 1. The van der Waals surface area contributed by atoms with Gasteiger partial charge in [0.05, 0.1) is 21.4 Å². The van der Waals surface area contributed by atoms with Crippen molar-refractivity contribution in [3.8, 4) is 0 Å². The number of alkyl halides is 10. The van der Waals surface area contributed by atoms with Crippen molar-refractivity contribution in [1.29, 1.82) is 0 Å². The molecular weight excluding hydrogens is 455 g/mol. The lowest BCUT2D eigenvalue weighted by molar-refractivity contribution is 0.293. The van der Waals surface area contributed by atoms with Crippen molar-refractivity contribution in [2.75, 3.05) is 28.0 Å². The largest absolute Gasteiger partial charge is 0.396 e. The van der Waals surface area contributed by atoms with Gasteiger partial charge in [-0.25, -0.2) is 0 Å². The molecule has 0 atom stereocenters. The number of rotatable bonds is 2. The Balaban J connectivity index is -0.0000000412. The zero-order chi connectivity index (χ0) is 15.8. The summed E-state index contributed by atoms with van der Waals surface area (Å²) in [7, 11) is 0. The van der Waals surface area contributed by atoms with Gasteiger partial charge in [0.1, 0.15) is 4.84 Å². The van der Waals surface area contributed by atoms with Crippen LogP contribution in [0.3, 0.4) is 0 Å². The smallest absolute Gasteiger partial charge is 0.110 e. The quantitative estimate of drug-likeness (QED) is 0.439. The van der Waals surface area contributed by atoms with E-state index < -0.39 is 4.84 Å². The first-order valence-corrected chi connectivity index (χ1v) is 8.95. The van der Waals surface area contributed by atoms with Crippen molar-refractivity contribution < 1.29 is 5.11 Å². The molecule has 0 saturated heterocycles. The fraction of sp³-hybridized carbons (Fsp3) is 1.00. The summed E-state index contributed by atoms with van der Waals surface area (Å²) in [6.45, 7) is 0.0671. The van der Waals surface area contributed by atoms with Crippen molar-refractivity contribution >= 4 is 116 Å². The van der Waals surface area contributed by atoms with Crippen LogP contribution in [0.1, 0.15) is 6.42 Å². The Hall–Kier alpha value is 2.86. The third-order valence-corrected chi connectivity index (χ3v) is 0.784. The zero-order valence-electron chi connectivity index (χ0n) is 9.05. The second-order valence-corrected chi connectivity index (χ2v) is 5.82. The number of aliphatic hydroxyl groups excluding tert-OH is 1. The van der Waals surface area contributed by atoms with Gasteiger partial charge < -0.3 is 5.11 Å². The van der Waals surface area contributed by atoms with Crippen LogP contribution in [0.25, 0.3) is 0 Å². The van der Waals surface area contributed by atoms with Crippen LogP contribution in [-0.4, -0.2) is 37.9 Å². The summed E-state index contributed by atoms with van der Waals surface area (Å²) in [5.41, 5.74) is 0. The normalized spacial score (nSPS) is 7.33. The Bertz CT molecular complexity index is 69.2. The number of aliphatic hydroxyl groups is 1. The van der Waals surface area contributed by atoms with Gasteiger partial charge in [0.15, 0.2) is 0 Å². The molecule has 0 bridgehead atoms. The van der Waals surface area contributed by atoms with Gasteiger partial charge in [-0.3, -0.25) is 0 Å². The van der Waals surface area contributed by atoms with Gasteiger partial charge in [-0.15, -0.1) is 116 Å². The van der Waals surface area contributed by atoms with E-state index in [1.807, 2.05) is 0 Å². The molecule has 0 aromatic carbocycles. The molecule has 0 aliphatic carbocycles. The summed E-state index contributed by atoms with van der Waals surface area (Å²) in [4.78, 5) is -0.407. The summed E-state index contributed by atoms with van der Waals surface area (Å²) in [6, 6.07) is 0. The van der Waals surface area contributed by atoms with E-state index in [0.29, 0.717) is 6.42 Å². The van der Waals surface area contributed by atoms with Gasteiger partial charge in [0.25, 0.3) is 0 Å². The monoisotopic (exact) mass is 464 g/mol. The van der Waals surface area contributed by atoms with E-state index in [1.165, 1.54) is 0 Å². The van der Waals surface area contributed by atoms with Crippen LogP contribution >= 0.6 is 116 Å². The first kappa shape index (κ1) is 32.7. The maximum Gasteiger partial charge on any atom is 0.110 e. The molecule has 0 saturated carbocycles. The zero-order valence-corrected chi connectivity index (χ0v) is 16.6. The minimum atomic E-state index is -0.407. The maximum absolute atomic E-state index is 8.07. The molecule has 0 aliphatic rings. The average Bonchev–Trinajstić information content (AvgIpc) is 2.21. The third-order valence-electron chi connectivity index (χ3n) is 0.347. The second-order valence-electron chi connectivity index (χ2n) is 1.31. The Labute approximate surface area is 159 Å². The minimum absolute atomic E-state index is 0.0671. The molecule has 0 radical (unpaired) electrons. The van der Waals surface area contributed by atoms with Crippen molar-refractivity contribution in [2.45, 2.75) is 11.3 Å². The fourth-order valence-electron chi connectivity index (χ4n) is 0.0976. The van der Waals surface area contributed by atoms with E-state index in [2.05, 4.69) is 0 Å². The maximum atomic E-state index is 8.07. The minimum Gasteiger partial charge on any atom is -0.396 e. The summed E-state index contributed by atoms with van der Waals surface area (Å²) < 4.78 is 0. The first-order valence-electron chi connectivity index (χ1n) is 3.80. The molecule has 11 heteroatoms. The summed E-state index contributed by atoms with van der Waals surface area (Å²) in [5.74, 6) is 0. The number of halogens is 10. The van der Waals surface area contributed by atoms with Crippen LogP contribution in [0.15, 0.2) is 0 Å². The Morgan fingerprint density at radius 2 is 0.778 bits per heavy atom. The molecule has 18 heavy (non-hydrogen) atoms. The lowest BCUT2D eigenvalue weighted by Crippen LogP contribution is -1.89. The highest BCUT2D eigenvalue weighted by Gasteiger charge is 1.92. The molecule has 118 valence electrons. The van der Waals surface area contributed by atoms with Gasteiger partial charge in [-0.05, 0) is 0 Å². The van der Waals surface area contributed by atoms with Crippen LogP contribution in [-0.2, 0) is 0 Å². The molecule has 0 amide bonds. The summed E-state index contributed by atoms with van der Waals surface area (Å²) in [5, 5.41) is 8.85. The van der Waals surface area contributed by atoms with E-state index in [0.717, 1.165) is 0 Å². The first-order chi connectivity index (χ1) is 8.43. The van der Waals surface area contributed by atoms with Crippen molar-refractivity contribution in [3.05, 3.63) is 0 Å². The van der Waals surface area contributed by atoms with Crippen molar-refractivity contribution in [2.24, 2.45) is 0 Å². The Morgan fingerprint density at radius 3 is 0.778 bits per heavy atom. The van der Waals surface area contributed by atoms with Crippen LogP contribution in [0.2, 0.25) is 0 Å². The van der Waals surface area contributed by atoms with Gasteiger partial charge in [0.2, 0.25) is 0 Å². The molecular formula is C7H14Cl10O. The topological polar surface area (TPSA) is 20.2 Å². The van der Waals surface area contributed by atoms with Crippen LogP contribution in [0.4, 0.5) is 0 Å². The van der Waals surface area contributed by atoms with E-state index in [4.69, 9.17) is 121 Å². The summed E-state index contributed by atoms with van der Waals surface area (Å²) >= 11 is 48.5. The molecule has 1 N–H and O–H groups in total. The van der Waals surface area contributed by atoms with Crippen LogP contribution in [0, 0.1) is 0 Å². The van der Waals surface area contributed by atoms with Crippen molar-refractivity contribution in [3.63, 3.8) is 0 Å².